The van der Waals surface area contributed by atoms with E-state index in [4.69, 9.17) is 9.84 Å². The lowest BCUT2D eigenvalue weighted by Gasteiger charge is -2.33. The second kappa shape index (κ2) is 8.24. The van der Waals surface area contributed by atoms with E-state index in [1.165, 1.54) is 4.88 Å². The van der Waals surface area contributed by atoms with Gasteiger partial charge in [-0.05, 0) is 35.0 Å². The highest BCUT2D eigenvalue weighted by atomic mass is 79.9. The van der Waals surface area contributed by atoms with Gasteiger partial charge in [-0.2, -0.15) is 0 Å². The lowest BCUT2D eigenvalue weighted by molar-refractivity contribution is -0.135. The van der Waals surface area contributed by atoms with E-state index >= 15 is 0 Å². The van der Waals surface area contributed by atoms with Crippen molar-refractivity contribution >= 4 is 33.2 Å². The third kappa shape index (κ3) is 5.03. The summed E-state index contributed by atoms with van der Waals surface area (Å²) in [4.78, 5) is 17.5. The van der Waals surface area contributed by atoms with Gasteiger partial charge in [0, 0.05) is 24.5 Å². The number of hydrogen-bond acceptors (Lipinski definition) is 5. The first-order valence-corrected chi connectivity index (χ1v) is 8.70. The third-order valence-corrected chi connectivity index (χ3v) is 5.10. The third-order valence-electron chi connectivity index (χ3n) is 3.50. The van der Waals surface area contributed by atoms with Crippen LogP contribution in [0.4, 0.5) is 0 Å². The number of carbonyl (C=O) groups excluding carboxylic acids is 1. The molecule has 2 rings (SSSR count). The Morgan fingerprint density at radius 2 is 2.43 bits per heavy atom. The van der Waals surface area contributed by atoms with Crippen molar-refractivity contribution in [2.45, 2.75) is 19.6 Å². The van der Waals surface area contributed by atoms with Gasteiger partial charge in [0.25, 0.3) is 0 Å². The van der Waals surface area contributed by atoms with Crippen LogP contribution in [0.1, 0.15) is 11.8 Å². The lowest BCUT2D eigenvalue weighted by atomic mass is 10.2. The zero-order valence-corrected chi connectivity index (χ0v) is 14.5. The maximum absolute atomic E-state index is 12.4. The van der Waals surface area contributed by atoms with Gasteiger partial charge in [-0.15, -0.1) is 11.3 Å². The number of rotatable bonds is 6. The number of carbonyl (C=O) groups is 1. The number of thiophene rings is 1. The Labute approximate surface area is 137 Å². The molecule has 1 fully saturated rings. The molecule has 1 saturated heterocycles. The number of nitrogens with zero attached hydrogens (tertiary/aromatic N) is 2. The zero-order chi connectivity index (χ0) is 15.2. The summed E-state index contributed by atoms with van der Waals surface area (Å²) in [7, 11) is 0. The van der Waals surface area contributed by atoms with E-state index in [-0.39, 0.29) is 18.6 Å². The van der Waals surface area contributed by atoms with Gasteiger partial charge in [-0.25, -0.2) is 0 Å². The molecule has 1 aliphatic rings. The van der Waals surface area contributed by atoms with Gasteiger partial charge in [0.05, 0.1) is 36.2 Å². The van der Waals surface area contributed by atoms with Crippen molar-refractivity contribution in [3.8, 4) is 0 Å². The monoisotopic (exact) mass is 376 g/mol. The average molecular weight is 377 g/mol. The van der Waals surface area contributed by atoms with Crippen LogP contribution in [0.3, 0.4) is 0 Å². The minimum absolute atomic E-state index is 0.00536. The highest BCUT2D eigenvalue weighted by Gasteiger charge is 2.23. The van der Waals surface area contributed by atoms with Gasteiger partial charge in [-0.1, -0.05) is 0 Å². The fourth-order valence-electron chi connectivity index (χ4n) is 2.33. The summed E-state index contributed by atoms with van der Waals surface area (Å²) in [6.07, 6.45) is -0.171. The summed E-state index contributed by atoms with van der Waals surface area (Å²) in [5.41, 5.74) is 0. The first-order valence-electron chi connectivity index (χ1n) is 7.09. The molecule has 0 spiro atoms. The quantitative estimate of drug-likeness (QED) is 0.818. The van der Waals surface area contributed by atoms with Gasteiger partial charge in [0.2, 0.25) is 5.91 Å². The number of aliphatic hydroxyl groups excluding tert-OH is 1. The topological polar surface area (TPSA) is 53.0 Å². The van der Waals surface area contributed by atoms with E-state index in [9.17, 15) is 4.79 Å². The van der Waals surface area contributed by atoms with Gasteiger partial charge < -0.3 is 14.7 Å². The lowest BCUT2D eigenvalue weighted by Crippen LogP contribution is -2.48. The molecule has 1 amide bonds. The Balaban J connectivity index is 1.87. The number of morpholine rings is 1. The second-order valence-electron chi connectivity index (χ2n) is 5.02. The number of halogens is 1. The molecule has 1 unspecified atom stereocenters. The van der Waals surface area contributed by atoms with Crippen molar-refractivity contribution in [3.63, 3.8) is 0 Å². The molecule has 1 N–H and O–H groups in total. The summed E-state index contributed by atoms with van der Waals surface area (Å²) in [6.45, 7) is 5.67. The van der Waals surface area contributed by atoms with Gasteiger partial charge >= 0.3 is 0 Å². The van der Waals surface area contributed by atoms with Crippen molar-refractivity contribution in [1.29, 1.82) is 0 Å². The van der Waals surface area contributed by atoms with E-state index < -0.39 is 0 Å². The maximum atomic E-state index is 12.4. The van der Waals surface area contributed by atoms with Gasteiger partial charge in [0.15, 0.2) is 0 Å². The van der Waals surface area contributed by atoms with E-state index in [0.717, 1.165) is 10.3 Å². The summed E-state index contributed by atoms with van der Waals surface area (Å²) in [5.74, 6) is 0.126. The number of amides is 1. The van der Waals surface area contributed by atoms with Crippen LogP contribution in [-0.2, 0) is 16.1 Å². The molecular formula is C14H21BrN2O3S. The molecule has 5 nitrogen and oxygen atoms in total. The summed E-state index contributed by atoms with van der Waals surface area (Å²) >= 11 is 5.10. The molecule has 1 atom stereocenters. The molecule has 0 bridgehead atoms. The molecule has 0 aromatic carbocycles. The number of aliphatic hydroxyl groups is 1. The zero-order valence-electron chi connectivity index (χ0n) is 12.1. The largest absolute Gasteiger partial charge is 0.394 e. The van der Waals surface area contributed by atoms with Crippen LogP contribution in [0.2, 0.25) is 0 Å². The molecule has 2 heterocycles. The Kier molecular flexibility index (Phi) is 6.63. The highest BCUT2D eigenvalue weighted by Crippen LogP contribution is 2.23. The standard InChI is InChI=1S/C14H21BrN2O3S/c1-2-17(8-12-3-4-13(15)21-12)14(19)9-16-5-6-20-11(7-16)10-18/h3-4,11,18H,2,5-10H2,1H3. The molecular weight excluding hydrogens is 356 g/mol. The molecule has 1 aliphatic heterocycles. The molecule has 118 valence electrons. The highest BCUT2D eigenvalue weighted by molar-refractivity contribution is 9.11. The average Bonchev–Trinajstić information content (AvgIpc) is 2.90. The van der Waals surface area contributed by atoms with E-state index in [2.05, 4.69) is 20.8 Å². The van der Waals surface area contributed by atoms with Gasteiger partial charge in [0.1, 0.15) is 0 Å². The van der Waals surface area contributed by atoms with Crippen LogP contribution >= 0.6 is 27.3 Å². The predicted molar refractivity (Wildman–Crippen MR) is 86.4 cm³/mol. The number of ether oxygens (including phenoxy) is 1. The summed E-state index contributed by atoms with van der Waals surface area (Å²) < 4.78 is 6.49. The molecule has 0 aliphatic carbocycles. The molecule has 0 radical (unpaired) electrons. The molecule has 21 heavy (non-hydrogen) atoms. The van der Waals surface area contributed by atoms with Crippen molar-refractivity contribution < 1.29 is 14.6 Å². The second-order valence-corrected chi connectivity index (χ2v) is 7.57. The minimum Gasteiger partial charge on any atom is -0.394 e. The number of likely N-dealkylation sites (N-methyl/N-ethyl adjacent to an activating group) is 1. The Hall–Kier alpha value is -0.470. The van der Waals surface area contributed by atoms with Crippen LogP contribution in [0.25, 0.3) is 0 Å². The van der Waals surface area contributed by atoms with Gasteiger partial charge in [-0.3, -0.25) is 9.69 Å². The summed E-state index contributed by atoms with van der Waals surface area (Å²) in [6, 6.07) is 4.05. The van der Waals surface area contributed by atoms with E-state index in [1.807, 2.05) is 24.0 Å². The van der Waals surface area contributed by atoms with Crippen molar-refractivity contribution in [2.24, 2.45) is 0 Å². The number of hydrogen-bond donors (Lipinski definition) is 1. The normalized spacial score (nSPS) is 19.7. The van der Waals surface area contributed by atoms with Crippen molar-refractivity contribution in [3.05, 3.63) is 20.8 Å². The molecule has 1 aromatic rings. The Morgan fingerprint density at radius 1 is 1.62 bits per heavy atom. The minimum atomic E-state index is -0.171. The fraction of sp³-hybridized carbons (Fsp3) is 0.643. The SMILES string of the molecule is CCN(Cc1ccc(Br)s1)C(=O)CN1CCOC(CO)C1. The van der Waals surface area contributed by atoms with Crippen molar-refractivity contribution in [1.82, 2.24) is 9.80 Å². The maximum Gasteiger partial charge on any atom is 0.237 e. The molecule has 0 saturated carbocycles. The molecule has 7 heteroatoms. The smallest absolute Gasteiger partial charge is 0.237 e. The predicted octanol–water partition coefficient (Wildman–Crippen LogP) is 1.55. The first-order chi connectivity index (χ1) is 10.1. The first kappa shape index (κ1) is 16.9. The van der Waals surface area contributed by atoms with Crippen LogP contribution in [0.15, 0.2) is 15.9 Å². The van der Waals surface area contributed by atoms with E-state index in [0.29, 0.717) is 32.8 Å². The van der Waals surface area contributed by atoms with Crippen LogP contribution in [0, 0.1) is 0 Å². The summed E-state index contributed by atoms with van der Waals surface area (Å²) in [5, 5.41) is 9.15. The molecule has 1 aromatic heterocycles. The van der Waals surface area contributed by atoms with Crippen LogP contribution < -0.4 is 0 Å². The van der Waals surface area contributed by atoms with E-state index in [1.54, 1.807) is 11.3 Å². The Bertz CT molecular complexity index is 469. The van der Waals surface area contributed by atoms with Crippen LogP contribution in [0.5, 0.6) is 0 Å². The Morgan fingerprint density at radius 3 is 3.05 bits per heavy atom. The fourth-order valence-corrected chi connectivity index (χ4v) is 3.83. The van der Waals surface area contributed by atoms with Crippen LogP contribution in [-0.4, -0.2) is 66.3 Å². The van der Waals surface area contributed by atoms with Crippen molar-refractivity contribution in [2.75, 3.05) is 39.4 Å².